The van der Waals surface area contributed by atoms with Crippen LogP contribution in [0.3, 0.4) is 0 Å². The molecule has 22 heavy (non-hydrogen) atoms. The van der Waals surface area contributed by atoms with Crippen LogP contribution in [0.2, 0.25) is 0 Å². The van der Waals surface area contributed by atoms with Crippen molar-refractivity contribution in [1.29, 1.82) is 0 Å². The van der Waals surface area contributed by atoms with Crippen molar-refractivity contribution in [1.82, 2.24) is 4.90 Å². The molecule has 2 heteroatoms. The van der Waals surface area contributed by atoms with E-state index >= 15 is 0 Å². The first-order valence-corrected chi connectivity index (χ1v) is 8.22. The molecule has 1 unspecified atom stereocenters. The van der Waals surface area contributed by atoms with E-state index in [0.717, 1.165) is 24.0 Å². The summed E-state index contributed by atoms with van der Waals surface area (Å²) in [6.07, 6.45) is 2.83. The lowest BCUT2D eigenvalue weighted by Crippen LogP contribution is -2.25. The van der Waals surface area contributed by atoms with Crippen molar-refractivity contribution < 1.29 is 4.74 Å². The number of rotatable bonds is 7. The molecule has 0 bridgehead atoms. The maximum atomic E-state index is 5.94. The third kappa shape index (κ3) is 4.35. The Morgan fingerprint density at radius 3 is 2.50 bits per heavy atom. The van der Waals surface area contributed by atoms with E-state index in [9.17, 15) is 0 Å². The van der Waals surface area contributed by atoms with Crippen LogP contribution in [0.1, 0.15) is 31.2 Å². The zero-order valence-corrected chi connectivity index (χ0v) is 13.5. The lowest BCUT2D eigenvalue weighted by Gasteiger charge is -2.21. The number of ether oxygens (including phenoxy) is 1. The molecule has 2 aromatic rings. The van der Waals surface area contributed by atoms with Gasteiger partial charge in [-0.15, -0.1) is 0 Å². The van der Waals surface area contributed by atoms with Gasteiger partial charge in [0.25, 0.3) is 0 Å². The van der Waals surface area contributed by atoms with Gasteiger partial charge >= 0.3 is 0 Å². The van der Waals surface area contributed by atoms with Crippen LogP contribution in [-0.2, 0) is 0 Å². The summed E-state index contributed by atoms with van der Waals surface area (Å²) in [6.45, 7) is 4.64. The molecule has 0 heterocycles. The van der Waals surface area contributed by atoms with Crippen LogP contribution in [-0.4, -0.2) is 25.0 Å². The number of nitrogens with zero attached hydrogens (tertiary/aromatic N) is 1. The number of benzene rings is 2. The highest BCUT2D eigenvalue weighted by Gasteiger charge is 2.23. The van der Waals surface area contributed by atoms with Gasteiger partial charge in [0.1, 0.15) is 11.5 Å². The molecule has 1 saturated carbocycles. The normalized spacial score (nSPS) is 15.8. The van der Waals surface area contributed by atoms with Crippen LogP contribution < -0.4 is 4.74 Å². The maximum Gasteiger partial charge on any atom is 0.127 e. The Bertz CT molecular complexity index is 592. The molecule has 1 atom stereocenters. The first-order valence-electron chi connectivity index (χ1n) is 8.22. The average Bonchev–Trinajstić information content (AvgIpc) is 3.32. The van der Waals surface area contributed by atoms with Gasteiger partial charge in [0.2, 0.25) is 0 Å². The fraction of sp³-hybridized carbons (Fsp3) is 0.400. The lowest BCUT2D eigenvalue weighted by atomic mass is 10.0. The lowest BCUT2D eigenvalue weighted by molar-refractivity contribution is 0.304. The van der Waals surface area contributed by atoms with Crippen LogP contribution in [0.15, 0.2) is 54.6 Å². The standard InChI is InChI=1S/C20H25NO/c1-16(14-21(2)15-17-11-12-17)18-7-6-10-20(13-18)22-19-8-4-3-5-9-19/h3-10,13,16-17H,11-12,14-15H2,1-2H3. The summed E-state index contributed by atoms with van der Waals surface area (Å²) in [7, 11) is 2.24. The summed E-state index contributed by atoms with van der Waals surface area (Å²) in [5.41, 5.74) is 1.34. The third-order valence-corrected chi connectivity index (χ3v) is 4.26. The van der Waals surface area contributed by atoms with Crippen LogP contribution in [0, 0.1) is 5.92 Å². The van der Waals surface area contributed by atoms with E-state index in [1.165, 1.54) is 24.9 Å². The Balaban J connectivity index is 1.62. The van der Waals surface area contributed by atoms with Gasteiger partial charge in [0.15, 0.2) is 0 Å². The van der Waals surface area contributed by atoms with Gasteiger partial charge in [0.05, 0.1) is 0 Å². The van der Waals surface area contributed by atoms with E-state index in [4.69, 9.17) is 4.74 Å². The first kappa shape index (κ1) is 15.1. The molecule has 0 N–H and O–H groups in total. The summed E-state index contributed by atoms with van der Waals surface area (Å²) < 4.78 is 5.94. The Morgan fingerprint density at radius 1 is 1.05 bits per heavy atom. The highest BCUT2D eigenvalue weighted by molar-refractivity contribution is 5.35. The van der Waals surface area contributed by atoms with E-state index in [1.54, 1.807) is 0 Å². The van der Waals surface area contributed by atoms with Crippen molar-refractivity contribution in [2.24, 2.45) is 5.92 Å². The quantitative estimate of drug-likeness (QED) is 0.718. The highest BCUT2D eigenvalue weighted by atomic mass is 16.5. The zero-order chi connectivity index (χ0) is 15.4. The van der Waals surface area contributed by atoms with Gasteiger partial charge in [-0.2, -0.15) is 0 Å². The fourth-order valence-electron chi connectivity index (χ4n) is 2.90. The predicted octanol–water partition coefficient (Wildman–Crippen LogP) is 4.92. The van der Waals surface area contributed by atoms with Crippen LogP contribution in [0.5, 0.6) is 11.5 Å². The molecular formula is C20H25NO. The van der Waals surface area contributed by atoms with Gasteiger partial charge in [-0.05, 0) is 61.6 Å². The number of likely N-dealkylation sites (N-methyl/N-ethyl adjacent to an activating group) is 1. The molecule has 1 aliphatic carbocycles. The van der Waals surface area contributed by atoms with E-state index < -0.39 is 0 Å². The largest absolute Gasteiger partial charge is 0.457 e. The van der Waals surface area contributed by atoms with Crippen molar-refractivity contribution in [2.45, 2.75) is 25.7 Å². The highest BCUT2D eigenvalue weighted by Crippen LogP contribution is 2.30. The summed E-state index contributed by atoms with van der Waals surface area (Å²) in [5.74, 6) is 3.27. The molecule has 0 radical (unpaired) electrons. The smallest absolute Gasteiger partial charge is 0.127 e. The third-order valence-electron chi connectivity index (χ3n) is 4.26. The summed E-state index contributed by atoms with van der Waals surface area (Å²) in [4.78, 5) is 2.47. The Hall–Kier alpha value is -1.80. The van der Waals surface area contributed by atoms with E-state index in [2.05, 4.69) is 37.1 Å². The monoisotopic (exact) mass is 295 g/mol. The molecule has 0 saturated heterocycles. The summed E-state index contributed by atoms with van der Waals surface area (Å²) >= 11 is 0. The van der Waals surface area contributed by atoms with Crippen molar-refractivity contribution in [2.75, 3.05) is 20.1 Å². The van der Waals surface area contributed by atoms with E-state index in [-0.39, 0.29) is 0 Å². The molecule has 2 nitrogen and oxygen atoms in total. The minimum absolute atomic E-state index is 0.517. The molecule has 0 aromatic heterocycles. The second-order valence-corrected chi connectivity index (χ2v) is 6.55. The van der Waals surface area contributed by atoms with Crippen molar-refractivity contribution >= 4 is 0 Å². The Morgan fingerprint density at radius 2 is 1.77 bits per heavy atom. The average molecular weight is 295 g/mol. The molecule has 1 fully saturated rings. The SMILES string of the molecule is CC(CN(C)CC1CC1)c1cccc(Oc2ccccc2)c1. The zero-order valence-electron chi connectivity index (χ0n) is 13.5. The predicted molar refractivity (Wildman–Crippen MR) is 91.6 cm³/mol. The van der Waals surface area contributed by atoms with Gasteiger partial charge in [-0.3, -0.25) is 0 Å². The summed E-state index contributed by atoms with van der Waals surface area (Å²) in [6, 6.07) is 18.4. The second-order valence-electron chi connectivity index (χ2n) is 6.55. The van der Waals surface area contributed by atoms with Gasteiger partial charge in [-0.25, -0.2) is 0 Å². The van der Waals surface area contributed by atoms with Crippen molar-refractivity contribution in [3.8, 4) is 11.5 Å². The fourth-order valence-corrected chi connectivity index (χ4v) is 2.90. The number of para-hydroxylation sites is 1. The Kier molecular flexibility index (Phi) is 4.79. The second kappa shape index (κ2) is 6.97. The molecule has 0 aliphatic heterocycles. The first-order chi connectivity index (χ1) is 10.7. The minimum atomic E-state index is 0.517. The molecule has 0 amide bonds. The number of hydrogen-bond acceptors (Lipinski definition) is 2. The molecule has 0 spiro atoms. The topological polar surface area (TPSA) is 12.5 Å². The van der Waals surface area contributed by atoms with Crippen LogP contribution in [0.4, 0.5) is 0 Å². The van der Waals surface area contributed by atoms with Crippen molar-refractivity contribution in [3.63, 3.8) is 0 Å². The van der Waals surface area contributed by atoms with Gasteiger partial charge < -0.3 is 9.64 Å². The van der Waals surface area contributed by atoms with E-state index in [0.29, 0.717) is 5.92 Å². The van der Waals surface area contributed by atoms with Gasteiger partial charge in [0, 0.05) is 13.1 Å². The van der Waals surface area contributed by atoms with Crippen molar-refractivity contribution in [3.05, 3.63) is 60.2 Å². The van der Waals surface area contributed by atoms with Crippen LogP contribution >= 0.6 is 0 Å². The molecular weight excluding hydrogens is 270 g/mol. The van der Waals surface area contributed by atoms with Gasteiger partial charge in [-0.1, -0.05) is 37.3 Å². The molecule has 116 valence electrons. The summed E-state index contributed by atoms with van der Waals surface area (Å²) in [5, 5.41) is 0. The van der Waals surface area contributed by atoms with Crippen LogP contribution in [0.25, 0.3) is 0 Å². The molecule has 2 aromatic carbocycles. The van der Waals surface area contributed by atoms with E-state index in [1.807, 2.05) is 36.4 Å². The molecule has 1 aliphatic rings. The number of hydrogen-bond donors (Lipinski definition) is 0. The Labute approximate surface area is 133 Å². The minimum Gasteiger partial charge on any atom is -0.457 e. The maximum absolute atomic E-state index is 5.94. The molecule has 3 rings (SSSR count).